The van der Waals surface area contributed by atoms with Gasteiger partial charge in [0.15, 0.2) is 0 Å². The summed E-state index contributed by atoms with van der Waals surface area (Å²) in [6.45, 7) is 2.20. The Morgan fingerprint density at radius 2 is 1.65 bits per heavy atom. The van der Waals surface area contributed by atoms with Crippen LogP contribution in [0.3, 0.4) is 0 Å². The van der Waals surface area contributed by atoms with Crippen LogP contribution in [-0.4, -0.2) is 4.92 Å². The van der Waals surface area contributed by atoms with Crippen LogP contribution in [0, 0.1) is 22.9 Å². The van der Waals surface area contributed by atoms with Crippen molar-refractivity contribution in [1.82, 2.24) is 5.32 Å². The maximum absolute atomic E-state index is 13.6. The van der Waals surface area contributed by atoms with E-state index < -0.39 is 10.7 Å². The van der Waals surface area contributed by atoms with Crippen molar-refractivity contribution in [3.05, 3.63) is 111 Å². The lowest BCUT2D eigenvalue weighted by atomic mass is 9.97. The number of aryl methyl sites for hydroxylation is 1. The van der Waals surface area contributed by atoms with Gasteiger partial charge in [0.25, 0.3) is 5.69 Å². The van der Waals surface area contributed by atoms with E-state index in [-0.39, 0.29) is 18.3 Å². The molecule has 0 aromatic heterocycles. The van der Waals surface area contributed by atoms with Crippen LogP contribution in [0.5, 0.6) is 0 Å². The number of nitro benzene ring substituents is 1. The third kappa shape index (κ3) is 4.13. The number of nitro groups is 1. The topological polar surface area (TPSA) is 55.2 Å². The molecular formula is C21H19FN2O2. The fraction of sp³-hybridized carbons (Fsp3) is 0.143. The molecule has 1 unspecified atom stereocenters. The predicted octanol–water partition coefficient (Wildman–Crippen LogP) is 4.92. The highest BCUT2D eigenvalue weighted by Crippen LogP contribution is 2.25. The first kappa shape index (κ1) is 17.8. The van der Waals surface area contributed by atoms with E-state index in [1.807, 2.05) is 61.5 Å². The van der Waals surface area contributed by atoms with E-state index in [4.69, 9.17) is 0 Å². The van der Waals surface area contributed by atoms with Crippen molar-refractivity contribution < 1.29 is 9.31 Å². The zero-order chi connectivity index (χ0) is 18.5. The van der Waals surface area contributed by atoms with Crippen LogP contribution in [0.1, 0.15) is 28.3 Å². The fourth-order valence-electron chi connectivity index (χ4n) is 2.92. The van der Waals surface area contributed by atoms with Crippen molar-refractivity contribution in [1.29, 1.82) is 0 Å². The highest BCUT2D eigenvalue weighted by molar-refractivity contribution is 5.41. The van der Waals surface area contributed by atoms with Gasteiger partial charge in [-0.25, -0.2) is 4.39 Å². The summed E-state index contributed by atoms with van der Waals surface area (Å²) in [7, 11) is 0. The minimum atomic E-state index is -0.487. The van der Waals surface area contributed by atoms with E-state index in [1.165, 1.54) is 12.1 Å². The first-order valence-electron chi connectivity index (χ1n) is 8.32. The van der Waals surface area contributed by atoms with Gasteiger partial charge in [0, 0.05) is 18.2 Å². The molecule has 0 radical (unpaired) electrons. The maximum Gasteiger partial charge on any atom is 0.274 e. The SMILES string of the molecule is Cc1ccc(C(NCc2cc(F)ccc2[N+](=O)[O-])c2ccccc2)cc1. The van der Waals surface area contributed by atoms with Crippen LogP contribution in [0.25, 0.3) is 0 Å². The number of nitrogens with one attached hydrogen (secondary N) is 1. The lowest BCUT2D eigenvalue weighted by Crippen LogP contribution is -2.22. The molecule has 0 bridgehead atoms. The van der Waals surface area contributed by atoms with Crippen molar-refractivity contribution in [2.45, 2.75) is 19.5 Å². The van der Waals surface area contributed by atoms with Crippen LogP contribution in [0.2, 0.25) is 0 Å². The zero-order valence-corrected chi connectivity index (χ0v) is 14.4. The van der Waals surface area contributed by atoms with Gasteiger partial charge in [0.05, 0.1) is 11.0 Å². The Balaban J connectivity index is 1.91. The number of hydrogen-bond acceptors (Lipinski definition) is 3. The molecule has 0 spiro atoms. The third-order valence-corrected chi connectivity index (χ3v) is 4.28. The van der Waals surface area contributed by atoms with Gasteiger partial charge in [-0.3, -0.25) is 10.1 Å². The molecule has 26 heavy (non-hydrogen) atoms. The molecule has 0 saturated carbocycles. The molecule has 1 N–H and O–H groups in total. The van der Waals surface area contributed by atoms with Crippen LogP contribution in [-0.2, 0) is 6.54 Å². The quantitative estimate of drug-likeness (QED) is 0.507. The Kier molecular flexibility index (Phi) is 5.39. The smallest absolute Gasteiger partial charge is 0.274 e. The van der Waals surface area contributed by atoms with E-state index in [2.05, 4.69) is 5.32 Å². The summed E-state index contributed by atoms with van der Waals surface area (Å²) in [5.74, 6) is -0.487. The predicted molar refractivity (Wildman–Crippen MR) is 99.4 cm³/mol. The van der Waals surface area contributed by atoms with Crippen LogP contribution in [0.15, 0.2) is 72.8 Å². The highest BCUT2D eigenvalue weighted by Gasteiger charge is 2.18. The van der Waals surface area contributed by atoms with Crippen molar-refractivity contribution >= 4 is 5.69 Å². The maximum atomic E-state index is 13.6. The normalized spacial score (nSPS) is 11.9. The second kappa shape index (κ2) is 7.89. The van der Waals surface area contributed by atoms with Crippen molar-refractivity contribution in [2.75, 3.05) is 0 Å². The monoisotopic (exact) mass is 350 g/mol. The average Bonchev–Trinajstić information content (AvgIpc) is 2.64. The van der Waals surface area contributed by atoms with Gasteiger partial charge in [-0.05, 0) is 30.2 Å². The van der Waals surface area contributed by atoms with E-state index in [1.54, 1.807) is 0 Å². The Labute approximate surface area is 151 Å². The molecule has 1 atom stereocenters. The molecule has 0 aliphatic rings. The average molecular weight is 350 g/mol. The molecule has 0 fully saturated rings. The minimum absolute atomic E-state index is 0.0883. The molecule has 0 saturated heterocycles. The van der Waals surface area contributed by atoms with Gasteiger partial charge in [0.1, 0.15) is 5.82 Å². The summed E-state index contributed by atoms with van der Waals surface area (Å²) < 4.78 is 13.6. The van der Waals surface area contributed by atoms with E-state index in [9.17, 15) is 14.5 Å². The Hall–Kier alpha value is -3.05. The lowest BCUT2D eigenvalue weighted by molar-refractivity contribution is -0.385. The number of benzene rings is 3. The first-order valence-corrected chi connectivity index (χ1v) is 8.32. The molecule has 0 amide bonds. The van der Waals surface area contributed by atoms with Crippen molar-refractivity contribution in [2.24, 2.45) is 0 Å². The molecular weight excluding hydrogens is 331 g/mol. The lowest BCUT2D eigenvalue weighted by Gasteiger charge is -2.20. The minimum Gasteiger partial charge on any atom is -0.302 e. The van der Waals surface area contributed by atoms with Crippen molar-refractivity contribution in [3.8, 4) is 0 Å². The second-order valence-corrected chi connectivity index (χ2v) is 6.17. The van der Waals surface area contributed by atoms with Gasteiger partial charge in [-0.15, -0.1) is 0 Å². The van der Waals surface area contributed by atoms with Crippen LogP contribution >= 0.6 is 0 Å². The molecule has 0 heterocycles. The zero-order valence-electron chi connectivity index (χ0n) is 14.4. The second-order valence-electron chi connectivity index (χ2n) is 6.17. The molecule has 0 aliphatic heterocycles. The largest absolute Gasteiger partial charge is 0.302 e. The fourth-order valence-corrected chi connectivity index (χ4v) is 2.92. The van der Waals surface area contributed by atoms with E-state index in [0.717, 1.165) is 22.8 Å². The van der Waals surface area contributed by atoms with Gasteiger partial charge in [-0.1, -0.05) is 60.2 Å². The van der Waals surface area contributed by atoms with E-state index in [0.29, 0.717) is 5.56 Å². The van der Waals surface area contributed by atoms with Gasteiger partial charge >= 0.3 is 0 Å². The highest BCUT2D eigenvalue weighted by atomic mass is 19.1. The molecule has 3 aromatic carbocycles. The Morgan fingerprint density at radius 3 is 2.31 bits per heavy atom. The van der Waals surface area contributed by atoms with Crippen LogP contribution < -0.4 is 5.32 Å². The molecule has 3 aromatic rings. The summed E-state index contributed by atoms with van der Waals surface area (Å²) in [6, 6.07) is 21.3. The van der Waals surface area contributed by atoms with Crippen LogP contribution in [0.4, 0.5) is 10.1 Å². The summed E-state index contributed by atoms with van der Waals surface area (Å²) in [5.41, 5.74) is 3.47. The van der Waals surface area contributed by atoms with Gasteiger partial charge < -0.3 is 5.32 Å². The number of rotatable bonds is 6. The molecule has 3 rings (SSSR count). The third-order valence-electron chi connectivity index (χ3n) is 4.28. The summed E-state index contributed by atoms with van der Waals surface area (Å²) in [6.07, 6.45) is 0. The summed E-state index contributed by atoms with van der Waals surface area (Å²) in [5, 5.41) is 14.5. The molecule has 0 aliphatic carbocycles. The molecule has 5 heteroatoms. The summed E-state index contributed by atoms with van der Waals surface area (Å²) >= 11 is 0. The van der Waals surface area contributed by atoms with E-state index >= 15 is 0 Å². The number of halogens is 1. The summed E-state index contributed by atoms with van der Waals surface area (Å²) in [4.78, 5) is 10.7. The van der Waals surface area contributed by atoms with Crippen molar-refractivity contribution in [3.63, 3.8) is 0 Å². The standard InChI is InChI=1S/C21H19FN2O2/c1-15-7-9-17(10-8-15)21(16-5-3-2-4-6-16)23-14-18-13-19(22)11-12-20(18)24(25)26/h2-13,21,23H,14H2,1H3. The number of hydrogen-bond donors (Lipinski definition) is 1. The van der Waals surface area contributed by atoms with Gasteiger partial charge in [0.2, 0.25) is 0 Å². The Morgan fingerprint density at radius 1 is 1.00 bits per heavy atom. The van der Waals surface area contributed by atoms with Gasteiger partial charge in [-0.2, -0.15) is 0 Å². The molecule has 4 nitrogen and oxygen atoms in total. The Bertz CT molecular complexity index is 896. The molecule has 132 valence electrons. The number of nitrogens with zero attached hydrogens (tertiary/aromatic N) is 1. The first-order chi connectivity index (χ1) is 12.5.